The molecular formula is C17H16N2. The van der Waals surface area contributed by atoms with E-state index in [0.717, 1.165) is 5.69 Å². The molecule has 0 heterocycles. The van der Waals surface area contributed by atoms with Gasteiger partial charge in [-0.15, -0.1) is 0 Å². The molecule has 0 aliphatic heterocycles. The van der Waals surface area contributed by atoms with Crippen molar-refractivity contribution in [3.05, 3.63) is 65.7 Å². The zero-order valence-electron chi connectivity index (χ0n) is 10.7. The summed E-state index contributed by atoms with van der Waals surface area (Å²) in [6.45, 7) is 0. The lowest BCUT2D eigenvalue weighted by Crippen LogP contribution is -2.12. The fourth-order valence-electron chi connectivity index (χ4n) is 2.42. The van der Waals surface area contributed by atoms with Gasteiger partial charge in [-0.25, -0.2) is 0 Å². The molecule has 2 heteroatoms. The van der Waals surface area contributed by atoms with Gasteiger partial charge in [0.15, 0.2) is 0 Å². The van der Waals surface area contributed by atoms with Crippen LogP contribution in [0, 0.1) is 17.2 Å². The predicted octanol–water partition coefficient (Wildman–Crippen LogP) is 4.12. The Hall–Kier alpha value is -2.27. The van der Waals surface area contributed by atoms with E-state index >= 15 is 0 Å². The minimum atomic E-state index is 0.357. The van der Waals surface area contributed by atoms with Crippen LogP contribution >= 0.6 is 0 Å². The van der Waals surface area contributed by atoms with Gasteiger partial charge in [0.1, 0.15) is 0 Å². The lowest BCUT2D eigenvalue weighted by Gasteiger charge is -2.20. The Bertz CT molecular complexity index is 594. The summed E-state index contributed by atoms with van der Waals surface area (Å²) in [4.78, 5) is 0. The van der Waals surface area contributed by atoms with E-state index in [9.17, 15) is 0 Å². The van der Waals surface area contributed by atoms with E-state index in [1.807, 2.05) is 30.3 Å². The molecule has 0 saturated heterocycles. The quantitative estimate of drug-likeness (QED) is 0.883. The van der Waals surface area contributed by atoms with Gasteiger partial charge in [-0.2, -0.15) is 5.26 Å². The number of nitrogens with one attached hydrogen (secondary N) is 1. The second-order valence-electron chi connectivity index (χ2n) is 5.06. The van der Waals surface area contributed by atoms with Crippen molar-refractivity contribution in [2.24, 2.45) is 5.92 Å². The summed E-state index contributed by atoms with van der Waals surface area (Å²) in [6.07, 6.45) is 2.56. The van der Waals surface area contributed by atoms with Crippen molar-refractivity contribution in [1.29, 1.82) is 5.26 Å². The van der Waals surface area contributed by atoms with E-state index in [0.29, 0.717) is 17.5 Å². The third-order valence-corrected chi connectivity index (χ3v) is 3.57. The SMILES string of the molecule is N#Cc1cccc(NC(c2ccccc2)C2CC2)c1. The summed E-state index contributed by atoms with van der Waals surface area (Å²) in [5.74, 6) is 0.716. The van der Waals surface area contributed by atoms with Crippen LogP contribution in [0.3, 0.4) is 0 Å². The molecule has 1 saturated carbocycles. The van der Waals surface area contributed by atoms with Crippen LogP contribution < -0.4 is 5.32 Å². The molecule has 1 aliphatic rings. The fraction of sp³-hybridized carbons (Fsp3) is 0.235. The lowest BCUT2D eigenvalue weighted by molar-refractivity contribution is 0.679. The topological polar surface area (TPSA) is 35.8 Å². The summed E-state index contributed by atoms with van der Waals surface area (Å²) in [5, 5.41) is 12.5. The molecule has 0 radical (unpaired) electrons. The van der Waals surface area contributed by atoms with Crippen LogP contribution in [0.5, 0.6) is 0 Å². The second kappa shape index (κ2) is 5.16. The van der Waals surface area contributed by atoms with E-state index in [2.05, 4.69) is 35.7 Å². The minimum absolute atomic E-state index is 0.357. The highest BCUT2D eigenvalue weighted by Crippen LogP contribution is 2.42. The highest BCUT2D eigenvalue weighted by atomic mass is 14.9. The van der Waals surface area contributed by atoms with Crippen molar-refractivity contribution in [3.63, 3.8) is 0 Å². The standard InChI is InChI=1S/C17H16N2/c18-12-13-5-4-8-16(11-13)19-17(15-9-10-15)14-6-2-1-3-7-14/h1-8,11,15,17,19H,9-10H2. The molecule has 94 valence electrons. The first-order valence-corrected chi connectivity index (χ1v) is 6.68. The molecule has 3 rings (SSSR count). The Balaban J connectivity index is 1.84. The monoisotopic (exact) mass is 248 g/mol. The number of rotatable bonds is 4. The predicted molar refractivity (Wildman–Crippen MR) is 76.7 cm³/mol. The van der Waals surface area contributed by atoms with Gasteiger partial charge >= 0.3 is 0 Å². The molecule has 1 unspecified atom stereocenters. The molecule has 1 N–H and O–H groups in total. The number of nitriles is 1. The van der Waals surface area contributed by atoms with Crippen molar-refractivity contribution >= 4 is 5.69 Å². The molecule has 2 aromatic rings. The molecule has 2 nitrogen and oxygen atoms in total. The average molecular weight is 248 g/mol. The van der Waals surface area contributed by atoms with Gasteiger partial charge < -0.3 is 5.32 Å². The van der Waals surface area contributed by atoms with Crippen LogP contribution in [0.4, 0.5) is 5.69 Å². The zero-order chi connectivity index (χ0) is 13.1. The summed E-state index contributed by atoms with van der Waals surface area (Å²) in [5.41, 5.74) is 3.06. The van der Waals surface area contributed by atoms with Gasteiger partial charge in [-0.1, -0.05) is 36.4 Å². The first-order chi connectivity index (χ1) is 9.36. The Labute approximate surface area is 113 Å². The third kappa shape index (κ3) is 2.77. The molecule has 1 aliphatic carbocycles. The van der Waals surface area contributed by atoms with E-state index in [-0.39, 0.29) is 0 Å². The maximum absolute atomic E-state index is 8.96. The van der Waals surface area contributed by atoms with Gasteiger partial charge in [0.05, 0.1) is 17.7 Å². The number of nitrogens with zero attached hydrogens (tertiary/aromatic N) is 1. The Morgan fingerprint density at radius 1 is 1.05 bits per heavy atom. The number of anilines is 1. The summed E-state index contributed by atoms with van der Waals surface area (Å²) >= 11 is 0. The lowest BCUT2D eigenvalue weighted by atomic mass is 10.0. The summed E-state index contributed by atoms with van der Waals surface area (Å²) in [6, 6.07) is 20.8. The smallest absolute Gasteiger partial charge is 0.0992 e. The Morgan fingerprint density at radius 3 is 2.53 bits per heavy atom. The Morgan fingerprint density at radius 2 is 1.84 bits per heavy atom. The van der Waals surface area contributed by atoms with Crippen LogP contribution in [-0.4, -0.2) is 0 Å². The number of hydrogen-bond acceptors (Lipinski definition) is 2. The molecule has 0 aromatic heterocycles. The second-order valence-corrected chi connectivity index (χ2v) is 5.06. The van der Waals surface area contributed by atoms with Gasteiger partial charge in [0, 0.05) is 5.69 Å². The van der Waals surface area contributed by atoms with E-state index in [1.165, 1.54) is 18.4 Å². The van der Waals surface area contributed by atoms with Crippen molar-refractivity contribution in [3.8, 4) is 6.07 Å². The number of benzene rings is 2. The molecule has 1 fully saturated rings. The zero-order valence-corrected chi connectivity index (χ0v) is 10.7. The van der Waals surface area contributed by atoms with E-state index in [4.69, 9.17) is 5.26 Å². The van der Waals surface area contributed by atoms with E-state index < -0.39 is 0 Å². The van der Waals surface area contributed by atoms with Crippen molar-refractivity contribution < 1.29 is 0 Å². The minimum Gasteiger partial charge on any atom is -0.378 e. The molecule has 19 heavy (non-hydrogen) atoms. The number of hydrogen-bond donors (Lipinski definition) is 1. The van der Waals surface area contributed by atoms with Gasteiger partial charge in [-0.05, 0) is 42.5 Å². The summed E-state index contributed by atoms with van der Waals surface area (Å²) < 4.78 is 0. The molecule has 2 aromatic carbocycles. The maximum Gasteiger partial charge on any atom is 0.0992 e. The van der Waals surface area contributed by atoms with Crippen LogP contribution in [0.15, 0.2) is 54.6 Å². The van der Waals surface area contributed by atoms with Gasteiger partial charge in [-0.3, -0.25) is 0 Å². The first kappa shape index (κ1) is 11.8. The van der Waals surface area contributed by atoms with Crippen molar-refractivity contribution in [1.82, 2.24) is 0 Å². The normalized spacial score (nSPS) is 15.5. The third-order valence-electron chi connectivity index (χ3n) is 3.57. The van der Waals surface area contributed by atoms with Crippen molar-refractivity contribution in [2.75, 3.05) is 5.32 Å². The van der Waals surface area contributed by atoms with Crippen LogP contribution in [0.1, 0.15) is 30.0 Å². The molecule has 0 spiro atoms. The molecule has 0 bridgehead atoms. The highest BCUT2D eigenvalue weighted by Gasteiger charge is 2.32. The Kier molecular flexibility index (Phi) is 3.20. The summed E-state index contributed by atoms with van der Waals surface area (Å²) in [7, 11) is 0. The maximum atomic E-state index is 8.96. The first-order valence-electron chi connectivity index (χ1n) is 6.68. The van der Waals surface area contributed by atoms with E-state index in [1.54, 1.807) is 0 Å². The van der Waals surface area contributed by atoms with Gasteiger partial charge in [0.25, 0.3) is 0 Å². The molecule has 1 atom stereocenters. The largest absolute Gasteiger partial charge is 0.378 e. The van der Waals surface area contributed by atoms with Crippen LogP contribution in [-0.2, 0) is 0 Å². The highest BCUT2D eigenvalue weighted by molar-refractivity contribution is 5.51. The average Bonchev–Trinajstić information content (AvgIpc) is 3.30. The van der Waals surface area contributed by atoms with Crippen LogP contribution in [0.2, 0.25) is 0 Å². The van der Waals surface area contributed by atoms with Crippen molar-refractivity contribution in [2.45, 2.75) is 18.9 Å². The molecular weight excluding hydrogens is 232 g/mol. The van der Waals surface area contributed by atoms with Crippen LogP contribution in [0.25, 0.3) is 0 Å². The van der Waals surface area contributed by atoms with Gasteiger partial charge in [0.2, 0.25) is 0 Å². The molecule has 0 amide bonds. The fourth-order valence-corrected chi connectivity index (χ4v) is 2.42.